The third kappa shape index (κ3) is 14.1. The van der Waals surface area contributed by atoms with Gasteiger partial charge >= 0.3 is 5.97 Å². The average Bonchev–Trinajstić information content (AvgIpc) is 3.89. The molecular formula is C41H59N7O8. The molecule has 56 heavy (non-hydrogen) atoms. The van der Waals surface area contributed by atoms with Crippen LogP contribution in [0.25, 0.3) is 0 Å². The molecule has 15 nitrogen and oxygen atoms in total. The van der Waals surface area contributed by atoms with Gasteiger partial charge in [-0.25, -0.2) is 4.79 Å². The predicted molar refractivity (Wildman–Crippen MR) is 210 cm³/mol. The highest BCUT2D eigenvalue weighted by Gasteiger charge is 2.43. The minimum absolute atomic E-state index is 0.0174. The number of aryl methyl sites for hydroxylation is 1. The number of primary amides is 1. The number of hydrogen-bond donors (Lipinski definition) is 4. The quantitative estimate of drug-likeness (QED) is 0.258. The zero-order chi connectivity index (χ0) is 41.0. The summed E-state index contributed by atoms with van der Waals surface area (Å²) in [5.74, 6) is -2.00. The SMILES string of the molecule is CC1CC(=O)N2CCCC2C(=O)N2CCCCC2C(=O)NC(C)C(=O)N2CCCC2C(=O)O1.CNCC(N)=O.Cc1ccccc1.O=CNCc1ccccc1. The van der Waals surface area contributed by atoms with E-state index in [0.29, 0.717) is 64.7 Å². The Hall–Kier alpha value is -5.31. The maximum atomic E-state index is 13.5. The summed E-state index contributed by atoms with van der Waals surface area (Å²) < 4.78 is 5.54. The van der Waals surface area contributed by atoms with Crippen molar-refractivity contribution in [3.05, 3.63) is 71.8 Å². The molecule has 5 atom stereocenters. The van der Waals surface area contributed by atoms with Crippen LogP contribution < -0.4 is 21.7 Å². The summed E-state index contributed by atoms with van der Waals surface area (Å²) in [6.45, 7) is 7.58. The van der Waals surface area contributed by atoms with Crippen LogP contribution >= 0.6 is 0 Å². The molecule has 0 aliphatic carbocycles. The molecule has 306 valence electrons. The Morgan fingerprint density at radius 2 is 1.38 bits per heavy atom. The first-order chi connectivity index (χ1) is 26.9. The molecule has 5 unspecified atom stereocenters. The van der Waals surface area contributed by atoms with E-state index in [2.05, 4.69) is 35.0 Å². The van der Waals surface area contributed by atoms with Gasteiger partial charge in [-0.15, -0.1) is 0 Å². The lowest BCUT2D eigenvalue weighted by Crippen LogP contribution is -2.59. The van der Waals surface area contributed by atoms with Gasteiger partial charge in [-0.05, 0) is 78.3 Å². The van der Waals surface area contributed by atoms with Crippen molar-refractivity contribution >= 4 is 41.9 Å². The van der Waals surface area contributed by atoms with Gasteiger partial charge in [-0.3, -0.25) is 28.8 Å². The molecule has 0 radical (unpaired) electrons. The number of benzene rings is 2. The minimum atomic E-state index is -0.820. The topological polar surface area (TPSA) is 201 Å². The van der Waals surface area contributed by atoms with Crippen LogP contribution in [0.1, 0.15) is 76.3 Å². The summed E-state index contributed by atoms with van der Waals surface area (Å²) in [4.78, 5) is 89.8. The van der Waals surface area contributed by atoms with Crippen LogP contribution in [0.15, 0.2) is 60.7 Å². The van der Waals surface area contributed by atoms with Crippen molar-refractivity contribution in [2.24, 2.45) is 5.73 Å². The van der Waals surface area contributed by atoms with E-state index in [4.69, 9.17) is 10.5 Å². The first-order valence-corrected chi connectivity index (χ1v) is 19.4. The fourth-order valence-electron chi connectivity index (χ4n) is 7.02. The predicted octanol–water partition coefficient (Wildman–Crippen LogP) is 1.81. The van der Waals surface area contributed by atoms with Crippen LogP contribution in [-0.4, -0.2) is 120 Å². The molecule has 0 aromatic heterocycles. The van der Waals surface area contributed by atoms with Crippen LogP contribution in [0.5, 0.6) is 0 Å². The molecule has 4 heterocycles. The lowest BCUT2D eigenvalue weighted by Gasteiger charge is -2.38. The maximum absolute atomic E-state index is 13.5. The molecule has 6 rings (SSSR count). The number of piperidine rings is 1. The first-order valence-electron chi connectivity index (χ1n) is 19.4. The van der Waals surface area contributed by atoms with E-state index in [9.17, 15) is 33.6 Å². The number of likely N-dealkylation sites (N-methyl/N-ethyl adjacent to an activating group) is 1. The highest BCUT2D eigenvalue weighted by Crippen LogP contribution is 2.27. The molecule has 15 heteroatoms. The monoisotopic (exact) mass is 777 g/mol. The molecule has 4 aliphatic rings. The lowest BCUT2D eigenvalue weighted by molar-refractivity contribution is -0.160. The fourth-order valence-corrected chi connectivity index (χ4v) is 7.02. The Labute approximate surface area is 330 Å². The van der Waals surface area contributed by atoms with Crippen molar-refractivity contribution in [2.75, 3.05) is 33.2 Å². The Kier molecular flexibility index (Phi) is 19.0. The van der Waals surface area contributed by atoms with Crippen LogP contribution in [0.2, 0.25) is 0 Å². The Balaban J connectivity index is 0.000000294. The van der Waals surface area contributed by atoms with Gasteiger partial charge in [0, 0.05) is 26.2 Å². The van der Waals surface area contributed by atoms with Crippen LogP contribution in [0.3, 0.4) is 0 Å². The van der Waals surface area contributed by atoms with Crippen LogP contribution in [-0.2, 0) is 44.8 Å². The number of nitrogens with one attached hydrogen (secondary N) is 3. The van der Waals surface area contributed by atoms with E-state index in [0.717, 1.165) is 18.4 Å². The molecule has 4 fully saturated rings. The van der Waals surface area contributed by atoms with Gasteiger partial charge in [0.2, 0.25) is 35.9 Å². The van der Waals surface area contributed by atoms with Crippen LogP contribution in [0, 0.1) is 6.92 Å². The summed E-state index contributed by atoms with van der Waals surface area (Å²) in [6, 6.07) is 17.2. The standard InChI is InChI=1S/C23H34N4O6.C8H9NO.C7H8.C3H8N2O/c1-14-13-19(28)25-11-5-8-17(25)22(31)26-10-4-3-7-16(26)20(29)24-15(2)21(30)27-12-6-9-18(27)23(32)33-14;10-7-9-6-8-4-2-1-3-5-8;1-7-5-3-2-4-6-7;1-5-2-3(4)6/h14-18H,3-13H2,1-2H3,(H,24,29);1-5,7H,6H2,(H,9,10);2-6H,1H3;5H,2H2,1H3,(H2,4,6). The van der Waals surface area contributed by atoms with Gasteiger partial charge in [0.05, 0.1) is 13.0 Å². The second-order valence-electron chi connectivity index (χ2n) is 14.3. The first kappa shape index (κ1) is 45.1. The summed E-state index contributed by atoms with van der Waals surface area (Å²) in [5, 5.41) is 7.96. The average molecular weight is 778 g/mol. The molecule has 2 aromatic carbocycles. The molecular weight excluding hydrogens is 718 g/mol. The smallest absolute Gasteiger partial charge is 0.329 e. The number of nitrogens with zero attached hydrogens (tertiary/aromatic N) is 3. The summed E-state index contributed by atoms with van der Waals surface area (Å²) in [6.07, 6.45) is 4.58. The van der Waals surface area contributed by atoms with Crippen LogP contribution in [0.4, 0.5) is 0 Å². The van der Waals surface area contributed by atoms with Gasteiger partial charge in [0.15, 0.2) is 0 Å². The molecule has 6 amide bonds. The molecule has 4 saturated heterocycles. The summed E-state index contributed by atoms with van der Waals surface area (Å²) in [5.41, 5.74) is 7.14. The molecule has 4 aliphatic heterocycles. The Bertz CT molecular complexity index is 1590. The molecule has 0 saturated carbocycles. The number of esters is 1. The van der Waals surface area contributed by atoms with Gasteiger partial charge in [-0.2, -0.15) is 0 Å². The third-order valence-corrected chi connectivity index (χ3v) is 9.79. The van der Waals surface area contributed by atoms with Crippen molar-refractivity contribution in [3.8, 4) is 0 Å². The number of nitrogens with two attached hydrogens (primary N) is 1. The summed E-state index contributed by atoms with van der Waals surface area (Å²) >= 11 is 0. The van der Waals surface area contributed by atoms with Crippen molar-refractivity contribution < 1.29 is 38.3 Å². The fraction of sp³-hybridized carbons (Fsp3) is 0.537. The van der Waals surface area contributed by atoms with Crippen molar-refractivity contribution in [3.63, 3.8) is 0 Å². The second-order valence-corrected chi connectivity index (χ2v) is 14.3. The Morgan fingerprint density at radius 3 is 1.95 bits per heavy atom. The second kappa shape index (κ2) is 23.6. The number of fused-ring (bicyclic) bond motifs is 3. The number of carbonyl (C=O) groups is 7. The van der Waals surface area contributed by atoms with Crippen molar-refractivity contribution in [2.45, 2.75) is 109 Å². The Morgan fingerprint density at radius 1 is 0.804 bits per heavy atom. The van der Waals surface area contributed by atoms with Gasteiger partial charge < -0.3 is 41.1 Å². The number of amides is 6. The van der Waals surface area contributed by atoms with E-state index < -0.39 is 36.2 Å². The minimum Gasteiger partial charge on any atom is -0.461 e. The molecule has 5 N–H and O–H groups in total. The lowest BCUT2D eigenvalue weighted by atomic mass is 9.99. The number of rotatable bonds is 5. The largest absolute Gasteiger partial charge is 0.461 e. The normalized spacial score (nSPS) is 23.9. The van der Waals surface area contributed by atoms with E-state index in [1.807, 2.05) is 48.5 Å². The number of carbonyl (C=O) groups excluding carboxylic acids is 7. The highest BCUT2D eigenvalue weighted by atomic mass is 16.5. The van der Waals surface area contributed by atoms with E-state index in [1.54, 1.807) is 30.7 Å². The van der Waals surface area contributed by atoms with Gasteiger partial charge in [-0.1, -0.05) is 66.2 Å². The van der Waals surface area contributed by atoms with Crippen molar-refractivity contribution in [1.29, 1.82) is 0 Å². The zero-order valence-corrected chi connectivity index (χ0v) is 33.1. The van der Waals surface area contributed by atoms with E-state index in [-0.39, 0.29) is 42.5 Å². The number of cyclic esters (lactones) is 1. The van der Waals surface area contributed by atoms with Gasteiger partial charge in [0.1, 0.15) is 30.3 Å². The van der Waals surface area contributed by atoms with E-state index >= 15 is 0 Å². The number of hydrogen-bond acceptors (Lipinski definition) is 9. The summed E-state index contributed by atoms with van der Waals surface area (Å²) in [7, 11) is 1.67. The maximum Gasteiger partial charge on any atom is 0.329 e. The molecule has 2 aromatic rings. The van der Waals surface area contributed by atoms with Gasteiger partial charge in [0.25, 0.3) is 0 Å². The zero-order valence-electron chi connectivity index (χ0n) is 33.1. The van der Waals surface area contributed by atoms with E-state index in [1.165, 1.54) is 10.5 Å². The number of ether oxygens (including phenoxy) is 1. The van der Waals surface area contributed by atoms with Crippen molar-refractivity contribution in [1.82, 2.24) is 30.7 Å². The molecule has 0 bridgehead atoms. The molecule has 0 spiro atoms. The third-order valence-electron chi connectivity index (χ3n) is 9.79. The highest BCUT2D eigenvalue weighted by molar-refractivity contribution is 5.95.